The third-order valence-corrected chi connectivity index (χ3v) is 2.41. The maximum atomic E-state index is 11.6. The molecule has 0 amide bonds. The van der Waals surface area contributed by atoms with Crippen molar-refractivity contribution >= 4 is 5.97 Å². The highest BCUT2D eigenvalue weighted by Crippen LogP contribution is 2.23. The van der Waals surface area contributed by atoms with Gasteiger partial charge in [-0.15, -0.1) is 0 Å². The summed E-state index contributed by atoms with van der Waals surface area (Å²) in [5.74, 6) is -0.0459. The van der Waals surface area contributed by atoms with E-state index in [9.17, 15) is 4.79 Å². The van der Waals surface area contributed by atoms with Crippen LogP contribution in [0.2, 0.25) is 0 Å². The van der Waals surface area contributed by atoms with Gasteiger partial charge in [-0.3, -0.25) is 4.79 Å². The molecule has 0 saturated carbocycles. The fraction of sp³-hybridized carbons (Fsp3) is 0.917. The van der Waals surface area contributed by atoms with Crippen molar-refractivity contribution in [3.05, 3.63) is 0 Å². The summed E-state index contributed by atoms with van der Waals surface area (Å²) in [6.07, 6.45) is 5.22. The Morgan fingerprint density at radius 2 is 1.79 bits per heavy atom. The molecule has 0 saturated heterocycles. The summed E-state index contributed by atoms with van der Waals surface area (Å²) in [6, 6.07) is 0. The predicted octanol–water partition coefficient (Wildman–Crippen LogP) is 3.55. The fourth-order valence-corrected chi connectivity index (χ4v) is 1.44. The van der Waals surface area contributed by atoms with Crippen LogP contribution < -0.4 is 0 Å². The van der Waals surface area contributed by atoms with Crippen LogP contribution >= 0.6 is 0 Å². The van der Waals surface area contributed by atoms with Gasteiger partial charge in [0.15, 0.2) is 0 Å². The zero-order chi connectivity index (χ0) is 11.0. The molecule has 0 spiro atoms. The SMILES string of the molecule is CCCCCOC(=O)C(C)(C)CCC. The number of ether oxygens (including phenoxy) is 1. The van der Waals surface area contributed by atoms with Gasteiger partial charge in [-0.25, -0.2) is 0 Å². The number of unbranched alkanes of at least 4 members (excludes halogenated alkanes) is 2. The van der Waals surface area contributed by atoms with Crippen molar-refractivity contribution in [1.29, 1.82) is 0 Å². The molecule has 0 aliphatic rings. The molecule has 0 unspecified atom stereocenters. The van der Waals surface area contributed by atoms with Gasteiger partial charge in [-0.1, -0.05) is 33.1 Å². The maximum absolute atomic E-state index is 11.6. The van der Waals surface area contributed by atoms with Crippen LogP contribution in [0, 0.1) is 5.41 Å². The molecule has 14 heavy (non-hydrogen) atoms. The minimum atomic E-state index is -0.305. The van der Waals surface area contributed by atoms with Gasteiger partial charge in [-0.05, 0) is 26.7 Å². The molecular formula is C12H24O2. The second-order valence-corrected chi connectivity index (χ2v) is 4.48. The normalized spacial score (nSPS) is 11.4. The van der Waals surface area contributed by atoms with Crippen molar-refractivity contribution in [3.63, 3.8) is 0 Å². The third kappa shape index (κ3) is 5.25. The summed E-state index contributed by atoms with van der Waals surface area (Å²) >= 11 is 0. The van der Waals surface area contributed by atoms with E-state index in [4.69, 9.17) is 4.74 Å². The lowest BCUT2D eigenvalue weighted by molar-refractivity contribution is -0.154. The van der Waals surface area contributed by atoms with Gasteiger partial charge in [0.05, 0.1) is 12.0 Å². The van der Waals surface area contributed by atoms with Gasteiger partial charge in [-0.2, -0.15) is 0 Å². The van der Waals surface area contributed by atoms with Crippen LogP contribution in [0.3, 0.4) is 0 Å². The predicted molar refractivity (Wildman–Crippen MR) is 59.2 cm³/mol. The smallest absolute Gasteiger partial charge is 0.311 e. The number of esters is 1. The molecule has 2 nitrogen and oxygen atoms in total. The van der Waals surface area contributed by atoms with Crippen molar-refractivity contribution in [2.75, 3.05) is 6.61 Å². The minimum Gasteiger partial charge on any atom is -0.465 e. The van der Waals surface area contributed by atoms with Gasteiger partial charge in [0.2, 0.25) is 0 Å². The minimum absolute atomic E-state index is 0.0459. The lowest BCUT2D eigenvalue weighted by atomic mass is 9.88. The van der Waals surface area contributed by atoms with E-state index in [2.05, 4.69) is 13.8 Å². The number of rotatable bonds is 7. The number of carbonyl (C=O) groups is 1. The van der Waals surface area contributed by atoms with Crippen molar-refractivity contribution in [3.8, 4) is 0 Å². The Kier molecular flexibility index (Phi) is 6.60. The maximum Gasteiger partial charge on any atom is 0.311 e. The Hall–Kier alpha value is -0.530. The van der Waals surface area contributed by atoms with E-state index in [1.807, 2.05) is 13.8 Å². The quantitative estimate of drug-likeness (QED) is 0.464. The highest BCUT2D eigenvalue weighted by Gasteiger charge is 2.27. The average Bonchev–Trinajstić information content (AvgIpc) is 2.12. The summed E-state index contributed by atoms with van der Waals surface area (Å²) in [6.45, 7) is 8.73. The molecule has 0 aromatic heterocycles. The van der Waals surface area contributed by atoms with Crippen LogP contribution in [-0.2, 0) is 9.53 Å². The molecule has 0 bridgehead atoms. The first-order chi connectivity index (χ1) is 6.54. The summed E-state index contributed by atoms with van der Waals surface area (Å²) < 4.78 is 5.22. The van der Waals surface area contributed by atoms with Gasteiger partial charge >= 0.3 is 5.97 Å². The summed E-state index contributed by atoms with van der Waals surface area (Å²) in [4.78, 5) is 11.6. The topological polar surface area (TPSA) is 26.3 Å². The molecule has 2 heteroatoms. The number of hydrogen-bond acceptors (Lipinski definition) is 2. The van der Waals surface area contributed by atoms with Crippen LogP contribution in [0.1, 0.15) is 59.8 Å². The Balaban J connectivity index is 3.71. The summed E-state index contributed by atoms with van der Waals surface area (Å²) in [7, 11) is 0. The zero-order valence-electron chi connectivity index (χ0n) is 10.1. The third-order valence-electron chi connectivity index (χ3n) is 2.41. The second kappa shape index (κ2) is 6.86. The Labute approximate surface area is 88.0 Å². The molecule has 0 heterocycles. The molecular weight excluding hydrogens is 176 g/mol. The summed E-state index contributed by atoms with van der Waals surface area (Å²) in [5.41, 5.74) is -0.305. The highest BCUT2D eigenvalue weighted by atomic mass is 16.5. The van der Waals surface area contributed by atoms with E-state index in [0.717, 1.165) is 32.1 Å². The van der Waals surface area contributed by atoms with E-state index >= 15 is 0 Å². The van der Waals surface area contributed by atoms with Gasteiger partial charge in [0.1, 0.15) is 0 Å². The van der Waals surface area contributed by atoms with Gasteiger partial charge in [0.25, 0.3) is 0 Å². The first kappa shape index (κ1) is 13.5. The molecule has 0 fully saturated rings. The van der Waals surface area contributed by atoms with E-state index in [-0.39, 0.29) is 11.4 Å². The van der Waals surface area contributed by atoms with Gasteiger partial charge < -0.3 is 4.74 Å². The monoisotopic (exact) mass is 200 g/mol. The largest absolute Gasteiger partial charge is 0.465 e. The number of carbonyl (C=O) groups excluding carboxylic acids is 1. The molecule has 0 atom stereocenters. The summed E-state index contributed by atoms with van der Waals surface area (Å²) in [5, 5.41) is 0. The van der Waals surface area contributed by atoms with Gasteiger partial charge in [0, 0.05) is 0 Å². The number of hydrogen-bond donors (Lipinski definition) is 0. The van der Waals surface area contributed by atoms with Crippen LogP contribution in [0.5, 0.6) is 0 Å². The van der Waals surface area contributed by atoms with Crippen LogP contribution in [0.4, 0.5) is 0 Å². The van der Waals surface area contributed by atoms with Crippen molar-refractivity contribution in [2.24, 2.45) is 5.41 Å². The Morgan fingerprint density at radius 3 is 2.29 bits per heavy atom. The van der Waals surface area contributed by atoms with E-state index in [1.54, 1.807) is 0 Å². The van der Waals surface area contributed by atoms with E-state index in [1.165, 1.54) is 0 Å². The van der Waals surface area contributed by atoms with Crippen LogP contribution in [0.15, 0.2) is 0 Å². The average molecular weight is 200 g/mol. The fourth-order valence-electron chi connectivity index (χ4n) is 1.44. The molecule has 0 aromatic carbocycles. The van der Waals surface area contributed by atoms with E-state index < -0.39 is 0 Å². The Morgan fingerprint density at radius 1 is 1.14 bits per heavy atom. The molecule has 0 rings (SSSR count). The second-order valence-electron chi connectivity index (χ2n) is 4.48. The molecule has 0 N–H and O–H groups in total. The van der Waals surface area contributed by atoms with Crippen LogP contribution in [0.25, 0.3) is 0 Å². The van der Waals surface area contributed by atoms with Crippen molar-refractivity contribution < 1.29 is 9.53 Å². The molecule has 0 aromatic rings. The van der Waals surface area contributed by atoms with Crippen molar-refractivity contribution in [2.45, 2.75) is 59.8 Å². The molecule has 84 valence electrons. The standard InChI is InChI=1S/C12H24O2/c1-5-7-8-10-14-11(13)12(3,4)9-6-2/h5-10H2,1-4H3. The first-order valence-corrected chi connectivity index (χ1v) is 5.71. The highest BCUT2D eigenvalue weighted by molar-refractivity contribution is 5.75. The zero-order valence-corrected chi connectivity index (χ0v) is 10.1. The molecule has 0 radical (unpaired) electrons. The van der Waals surface area contributed by atoms with Crippen molar-refractivity contribution in [1.82, 2.24) is 0 Å². The molecule has 0 aliphatic heterocycles. The van der Waals surface area contributed by atoms with E-state index in [0.29, 0.717) is 6.61 Å². The molecule has 0 aliphatic carbocycles. The lowest BCUT2D eigenvalue weighted by Gasteiger charge is -2.21. The lowest BCUT2D eigenvalue weighted by Crippen LogP contribution is -2.26. The Bertz CT molecular complexity index is 162. The first-order valence-electron chi connectivity index (χ1n) is 5.71. The van der Waals surface area contributed by atoms with Crippen LogP contribution in [-0.4, -0.2) is 12.6 Å².